The molecule has 2 aliphatic heterocycles. The molecule has 8 nitrogen and oxygen atoms in total. The van der Waals surface area contributed by atoms with E-state index in [1.807, 2.05) is 23.1 Å². The van der Waals surface area contributed by atoms with Gasteiger partial charge in [-0.05, 0) is 36.2 Å². The van der Waals surface area contributed by atoms with Crippen molar-refractivity contribution in [2.45, 2.75) is 17.9 Å². The molecular weight excluding hydrogens is 459 g/mol. The maximum absolute atomic E-state index is 14.0. The Morgan fingerprint density at radius 2 is 2.03 bits per heavy atom. The Morgan fingerprint density at radius 3 is 2.79 bits per heavy atom. The SMILES string of the molecule is CN(C)C(=O)COc1ccc2c(c1)N(c1nc(-c3ccc(O)c(F)c3)nc3c1CS(=O)C3)CC2. The summed E-state index contributed by atoms with van der Waals surface area (Å²) >= 11 is 0. The molecular formula is C24H23FN4O4S. The molecule has 0 saturated carbocycles. The van der Waals surface area contributed by atoms with E-state index in [1.165, 1.54) is 17.0 Å². The van der Waals surface area contributed by atoms with E-state index in [2.05, 4.69) is 4.98 Å². The van der Waals surface area contributed by atoms with Crippen molar-refractivity contribution in [3.05, 3.63) is 59.0 Å². The van der Waals surface area contributed by atoms with Crippen LogP contribution in [0, 0.1) is 5.82 Å². The van der Waals surface area contributed by atoms with Crippen LogP contribution in [0.2, 0.25) is 0 Å². The van der Waals surface area contributed by atoms with Crippen LogP contribution < -0.4 is 9.64 Å². The number of ether oxygens (including phenoxy) is 1. The van der Waals surface area contributed by atoms with Gasteiger partial charge in [0.1, 0.15) is 11.6 Å². The molecule has 0 bridgehead atoms. The fourth-order valence-corrected chi connectivity index (χ4v) is 5.35. The lowest BCUT2D eigenvalue weighted by Crippen LogP contribution is -2.27. The minimum absolute atomic E-state index is 0.0652. The van der Waals surface area contributed by atoms with Gasteiger partial charge in [-0.2, -0.15) is 0 Å². The lowest BCUT2D eigenvalue weighted by Gasteiger charge is -2.22. The molecule has 0 radical (unpaired) electrons. The van der Waals surface area contributed by atoms with E-state index in [0.717, 1.165) is 23.2 Å². The Kier molecular flexibility index (Phi) is 5.68. The monoisotopic (exact) mass is 482 g/mol. The molecule has 0 spiro atoms. The molecule has 1 atom stereocenters. The van der Waals surface area contributed by atoms with Crippen molar-refractivity contribution in [3.63, 3.8) is 0 Å². The summed E-state index contributed by atoms with van der Waals surface area (Å²) in [7, 11) is 2.26. The average Bonchev–Trinajstić information content (AvgIpc) is 3.40. The molecule has 10 heteroatoms. The molecule has 0 aliphatic carbocycles. The predicted octanol–water partition coefficient (Wildman–Crippen LogP) is 2.91. The second-order valence-corrected chi connectivity index (χ2v) is 9.92. The largest absolute Gasteiger partial charge is 0.505 e. The number of anilines is 2. The summed E-state index contributed by atoms with van der Waals surface area (Å²) in [6, 6.07) is 9.71. The zero-order chi connectivity index (χ0) is 24.0. The highest BCUT2D eigenvalue weighted by Crippen LogP contribution is 2.41. The number of aromatic nitrogens is 2. The van der Waals surface area contributed by atoms with Gasteiger partial charge in [0.2, 0.25) is 0 Å². The van der Waals surface area contributed by atoms with Gasteiger partial charge in [0, 0.05) is 54.3 Å². The van der Waals surface area contributed by atoms with E-state index < -0.39 is 22.4 Å². The number of rotatable bonds is 5. The van der Waals surface area contributed by atoms with Gasteiger partial charge in [0.15, 0.2) is 24.0 Å². The van der Waals surface area contributed by atoms with Crippen LogP contribution in [0.25, 0.3) is 11.4 Å². The van der Waals surface area contributed by atoms with Crippen molar-refractivity contribution in [2.75, 3.05) is 32.1 Å². The molecule has 2 aliphatic rings. The van der Waals surface area contributed by atoms with Gasteiger partial charge in [0.05, 0.1) is 17.2 Å². The summed E-state index contributed by atoms with van der Waals surface area (Å²) in [6.45, 7) is 0.596. The molecule has 0 fully saturated rings. The number of phenols is 1. The highest BCUT2D eigenvalue weighted by Gasteiger charge is 2.31. The van der Waals surface area contributed by atoms with Crippen LogP contribution in [0.4, 0.5) is 15.9 Å². The first-order chi connectivity index (χ1) is 16.3. The number of amides is 1. The van der Waals surface area contributed by atoms with Gasteiger partial charge in [0.25, 0.3) is 5.91 Å². The van der Waals surface area contributed by atoms with Crippen molar-refractivity contribution in [3.8, 4) is 22.9 Å². The van der Waals surface area contributed by atoms with Gasteiger partial charge >= 0.3 is 0 Å². The maximum Gasteiger partial charge on any atom is 0.259 e. The first-order valence-corrected chi connectivity index (χ1v) is 12.3. The summed E-state index contributed by atoms with van der Waals surface area (Å²) in [5, 5.41) is 9.55. The Hall–Kier alpha value is -3.53. The average molecular weight is 483 g/mol. The number of aromatic hydroxyl groups is 1. The fraction of sp³-hybridized carbons (Fsp3) is 0.292. The Labute approximate surface area is 198 Å². The number of benzene rings is 2. The number of fused-ring (bicyclic) bond motifs is 2. The van der Waals surface area contributed by atoms with E-state index in [4.69, 9.17) is 9.72 Å². The molecule has 2 aromatic carbocycles. The van der Waals surface area contributed by atoms with Gasteiger partial charge < -0.3 is 19.6 Å². The van der Waals surface area contributed by atoms with Crippen LogP contribution in [0.1, 0.15) is 16.8 Å². The second kappa shape index (κ2) is 8.68. The Morgan fingerprint density at radius 1 is 1.21 bits per heavy atom. The molecule has 1 amide bonds. The second-order valence-electron chi connectivity index (χ2n) is 8.46. The number of hydrogen-bond donors (Lipinski definition) is 1. The molecule has 3 aromatic rings. The Balaban J connectivity index is 1.54. The third kappa shape index (κ3) is 4.09. The number of hydrogen-bond acceptors (Lipinski definition) is 7. The first kappa shape index (κ1) is 22.3. The summed E-state index contributed by atoms with van der Waals surface area (Å²) < 4.78 is 32.1. The number of halogens is 1. The predicted molar refractivity (Wildman–Crippen MR) is 126 cm³/mol. The number of carbonyl (C=O) groups excluding carboxylic acids is 1. The Bertz CT molecular complexity index is 1330. The maximum atomic E-state index is 14.0. The highest BCUT2D eigenvalue weighted by atomic mass is 32.2. The third-order valence-electron chi connectivity index (χ3n) is 5.95. The van der Waals surface area contributed by atoms with Crippen LogP contribution in [-0.4, -0.2) is 57.3 Å². The van der Waals surface area contributed by atoms with E-state index >= 15 is 0 Å². The van der Waals surface area contributed by atoms with E-state index in [0.29, 0.717) is 46.7 Å². The lowest BCUT2D eigenvalue weighted by molar-refractivity contribution is -0.130. The first-order valence-electron chi connectivity index (χ1n) is 10.8. The van der Waals surface area contributed by atoms with Crippen LogP contribution in [0.3, 0.4) is 0 Å². The van der Waals surface area contributed by atoms with Crippen molar-refractivity contribution in [1.29, 1.82) is 0 Å². The smallest absolute Gasteiger partial charge is 0.259 e. The minimum Gasteiger partial charge on any atom is -0.505 e. The number of likely N-dealkylation sites (N-methyl/N-ethyl adjacent to an activating group) is 1. The van der Waals surface area contributed by atoms with Gasteiger partial charge in [-0.25, -0.2) is 14.4 Å². The van der Waals surface area contributed by atoms with Gasteiger partial charge in [-0.1, -0.05) is 6.07 Å². The summed E-state index contributed by atoms with van der Waals surface area (Å²) in [5.41, 5.74) is 3.94. The van der Waals surface area contributed by atoms with Crippen molar-refractivity contribution in [2.24, 2.45) is 0 Å². The molecule has 3 heterocycles. The van der Waals surface area contributed by atoms with Crippen molar-refractivity contribution < 1.29 is 23.2 Å². The van der Waals surface area contributed by atoms with E-state index in [9.17, 15) is 18.5 Å². The quantitative estimate of drug-likeness (QED) is 0.597. The van der Waals surface area contributed by atoms with Crippen LogP contribution in [0.5, 0.6) is 11.5 Å². The van der Waals surface area contributed by atoms with E-state index in [1.54, 1.807) is 20.2 Å². The van der Waals surface area contributed by atoms with Gasteiger partial charge in [-0.15, -0.1) is 0 Å². The molecule has 176 valence electrons. The van der Waals surface area contributed by atoms with Crippen LogP contribution in [0.15, 0.2) is 36.4 Å². The van der Waals surface area contributed by atoms with Crippen molar-refractivity contribution in [1.82, 2.24) is 14.9 Å². The van der Waals surface area contributed by atoms with Gasteiger partial charge in [-0.3, -0.25) is 9.00 Å². The third-order valence-corrected chi connectivity index (χ3v) is 7.15. The highest BCUT2D eigenvalue weighted by molar-refractivity contribution is 7.83. The number of phenolic OH excluding ortho intramolecular Hbond substituents is 1. The number of carbonyl (C=O) groups is 1. The molecule has 34 heavy (non-hydrogen) atoms. The summed E-state index contributed by atoms with van der Waals surface area (Å²) in [4.78, 5) is 24.8. The van der Waals surface area contributed by atoms with Crippen LogP contribution in [-0.2, 0) is 33.5 Å². The summed E-state index contributed by atoms with van der Waals surface area (Å²) in [5.74, 6) is 0.842. The molecule has 0 saturated heterocycles. The van der Waals surface area contributed by atoms with Crippen molar-refractivity contribution >= 4 is 28.2 Å². The standard InChI is InChI=1S/C24H23FN4O4S/c1-28(2)22(31)11-33-16-5-3-14-7-8-29(20(14)10-16)24-17-12-34(32)13-19(17)26-23(27-24)15-4-6-21(30)18(25)9-15/h3-6,9-10,30H,7-8,11-13H2,1-2H3. The normalized spacial score (nSPS) is 16.3. The molecule has 5 rings (SSSR count). The van der Waals surface area contributed by atoms with Crippen LogP contribution >= 0.6 is 0 Å². The van der Waals surface area contributed by atoms with E-state index in [-0.39, 0.29) is 12.5 Å². The zero-order valence-corrected chi connectivity index (χ0v) is 19.6. The topological polar surface area (TPSA) is 95.9 Å². The molecule has 1 N–H and O–H groups in total. The summed E-state index contributed by atoms with van der Waals surface area (Å²) in [6.07, 6.45) is 0.789. The fourth-order valence-electron chi connectivity index (χ4n) is 4.09. The minimum atomic E-state index is -1.09. The molecule has 1 aromatic heterocycles. The lowest BCUT2D eigenvalue weighted by atomic mass is 10.1. The number of nitrogens with zero attached hydrogens (tertiary/aromatic N) is 4. The molecule has 1 unspecified atom stereocenters. The zero-order valence-electron chi connectivity index (χ0n) is 18.7.